The Morgan fingerprint density at radius 1 is 1.14 bits per heavy atom. The molecule has 0 aliphatic heterocycles. The van der Waals surface area contributed by atoms with Gasteiger partial charge in [-0.2, -0.15) is 0 Å². The summed E-state index contributed by atoms with van der Waals surface area (Å²) in [5.41, 5.74) is 1.99. The maximum atomic E-state index is 13.9. The fourth-order valence-corrected chi connectivity index (χ4v) is 2.32. The van der Waals surface area contributed by atoms with Gasteiger partial charge in [0.15, 0.2) is 0 Å². The van der Waals surface area contributed by atoms with Gasteiger partial charge in [-0.05, 0) is 37.3 Å². The minimum absolute atomic E-state index is 0.0157. The molecule has 0 aliphatic carbocycles. The van der Waals surface area contributed by atoms with E-state index in [-0.39, 0.29) is 16.8 Å². The predicted octanol–water partition coefficient (Wildman–Crippen LogP) is 2.71. The first-order valence-corrected chi connectivity index (χ1v) is 6.44. The molecule has 0 N–H and O–H groups in total. The van der Waals surface area contributed by atoms with Crippen molar-refractivity contribution < 1.29 is 14.3 Å². The van der Waals surface area contributed by atoms with Crippen molar-refractivity contribution >= 4 is 16.9 Å². The molecular formula is C17H11FNO2-. The number of hydrogen-bond acceptors (Lipinski definition) is 3. The Hall–Kier alpha value is -2.75. The fraction of sp³-hybridized carbons (Fsp3) is 0.0588. The van der Waals surface area contributed by atoms with E-state index in [0.29, 0.717) is 10.9 Å². The Morgan fingerprint density at radius 3 is 2.62 bits per heavy atom. The Bertz CT molecular complexity index is 859. The Labute approximate surface area is 120 Å². The number of rotatable bonds is 2. The van der Waals surface area contributed by atoms with Gasteiger partial charge in [-0.3, -0.25) is 0 Å². The number of carboxylic acid groups (broad SMARTS) is 1. The van der Waals surface area contributed by atoms with Crippen LogP contribution in [0.2, 0.25) is 0 Å². The van der Waals surface area contributed by atoms with Gasteiger partial charge < -0.3 is 9.90 Å². The number of carboxylic acids is 1. The first-order valence-electron chi connectivity index (χ1n) is 6.44. The molecule has 3 aromatic rings. The lowest BCUT2D eigenvalue weighted by Crippen LogP contribution is -2.22. The van der Waals surface area contributed by atoms with Crippen LogP contribution in [0.1, 0.15) is 15.9 Å². The van der Waals surface area contributed by atoms with Gasteiger partial charge in [0.05, 0.1) is 17.2 Å². The second-order valence-corrected chi connectivity index (χ2v) is 4.84. The second kappa shape index (κ2) is 4.98. The number of fused-ring (bicyclic) bond motifs is 1. The van der Waals surface area contributed by atoms with Crippen molar-refractivity contribution in [3.8, 4) is 11.3 Å². The molecule has 0 saturated carbocycles. The molecule has 0 bridgehead atoms. The molecule has 4 heteroatoms. The maximum absolute atomic E-state index is 13.9. The highest BCUT2D eigenvalue weighted by molar-refractivity contribution is 6.03. The minimum atomic E-state index is -1.30. The standard InChI is InChI=1S/C17H12FNO2/c1-10-6-7-15-12(8-10)13(17(20)21)9-16(19-15)11-4-2-3-5-14(11)18/h2-9H,1H3,(H,20,21)/p-1. The van der Waals surface area contributed by atoms with Crippen LogP contribution < -0.4 is 5.11 Å². The Morgan fingerprint density at radius 2 is 1.90 bits per heavy atom. The number of carbonyl (C=O) groups excluding carboxylic acids is 1. The van der Waals surface area contributed by atoms with Gasteiger partial charge in [-0.15, -0.1) is 0 Å². The van der Waals surface area contributed by atoms with Crippen molar-refractivity contribution in [2.75, 3.05) is 0 Å². The summed E-state index contributed by atoms with van der Waals surface area (Å²) >= 11 is 0. The van der Waals surface area contributed by atoms with E-state index >= 15 is 0 Å². The van der Waals surface area contributed by atoms with Crippen LogP contribution >= 0.6 is 0 Å². The lowest BCUT2D eigenvalue weighted by atomic mass is 10.0. The summed E-state index contributed by atoms with van der Waals surface area (Å²) < 4.78 is 13.9. The van der Waals surface area contributed by atoms with Crippen LogP contribution in [0.15, 0.2) is 48.5 Å². The smallest absolute Gasteiger partial charge is 0.132 e. The monoisotopic (exact) mass is 280 g/mol. The van der Waals surface area contributed by atoms with Crippen molar-refractivity contribution in [2.24, 2.45) is 0 Å². The average Bonchev–Trinajstić information content (AvgIpc) is 2.46. The largest absolute Gasteiger partial charge is 0.545 e. The van der Waals surface area contributed by atoms with Gasteiger partial charge in [0.1, 0.15) is 5.82 Å². The molecule has 3 nitrogen and oxygen atoms in total. The van der Waals surface area contributed by atoms with Crippen LogP contribution in [0.3, 0.4) is 0 Å². The zero-order valence-electron chi connectivity index (χ0n) is 11.3. The summed E-state index contributed by atoms with van der Waals surface area (Å²) in [7, 11) is 0. The molecule has 0 aliphatic rings. The van der Waals surface area contributed by atoms with E-state index in [1.807, 2.05) is 13.0 Å². The van der Waals surface area contributed by atoms with Crippen molar-refractivity contribution in [2.45, 2.75) is 6.92 Å². The number of pyridine rings is 1. The Balaban J connectivity index is 2.34. The molecule has 0 atom stereocenters. The molecule has 0 saturated heterocycles. The molecule has 0 spiro atoms. The molecule has 0 fully saturated rings. The summed E-state index contributed by atoms with van der Waals surface area (Å²) in [6, 6.07) is 12.8. The second-order valence-electron chi connectivity index (χ2n) is 4.84. The number of aryl methyl sites for hydroxylation is 1. The summed E-state index contributed by atoms with van der Waals surface area (Å²) in [6.07, 6.45) is 0. The highest BCUT2D eigenvalue weighted by atomic mass is 19.1. The van der Waals surface area contributed by atoms with E-state index < -0.39 is 11.8 Å². The number of benzene rings is 2. The number of aromatic carboxylic acids is 1. The molecule has 21 heavy (non-hydrogen) atoms. The molecule has 1 aromatic heterocycles. The molecule has 2 aromatic carbocycles. The van der Waals surface area contributed by atoms with Crippen LogP contribution in [0.5, 0.6) is 0 Å². The first-order chi connectivity index (χ1) is 10.1. The predicted molar refractivity (Wildman–Crippen MR) is 76.2 cm³/mol. The highest BCUT2D eigenvalue weighted by Crippen LogP contribution is 2.26. The molecule has 1 heterocycles. The third-order valence-corrected chi connectivity index (χ3v) is 3.33. The lowest BCUT2D eigenvalue weighted by Gasteiger charge is -2.11. The number of nitrogens with zero attached hydrogens (tertiary/aromatic N) is 1. The molecule has 0 amide bonds. The van der Waals surface area contributed by atoms with E-state index in [1.165, 1.54) is 12.1 Å². The van der Waals surface area contributed by atoms with Crippen LogP contribution in [0.4, 0.5) is 4.39 Å². The van der Waals surface area contributed by atoms with Gasteiger partial charge in [-0.25, -0.2) is 9.37 Å². The molecule has 0 unspecified atom stereocenters. The number of carbonyl (C=O) groups is 1. The summed E-state index contributed by atoms with van der Waals surface area (Å²) in [4.78, 5) is 15.7. The summed E-state index contributed by atoms with van der Waals surface area (Å²) in [6.45, 7) is 1.86. The zero-order valence-corrected chi connectivity index (χ0v) is 11.3. The average molecular weight is 280 g/mol. The molecule has 104 valence electrons. The van der Waals surface area contributed by atoms with E-state index in [2.05, 4.69) is 4.98 Å². The SMILES string of the molecule is Cc1ccc2nc(-c3ccccc3F)cc(C(=O)[O-])c2c1. The molecule has 0 radical (unpaired) electrons. The van der Waals surface area contributed by atoms with E-state index in [9.17, 15) is 14.3 Å². The van der Waals surface area contributed by atoms with Crippen LogP contribution in [-0.4, -0.2) is 11.0 Å². The quantitative estimate of drug-likeness (QED) is 0.725. The zero-order chi connectivity index (χ0) is 15.0. The minimum Gasteiger partial charge on any atom is -0.545 e. The maximum Gasteiger partial charge on any atom is 0.132 e. The molecule has 3 rings (SSSR count). The van der Waals surface area contributed by atoms with Crippen molar-refractivity contribution in [1.29, 1.82) is 0 Å². The summed E-state index contributed by atoms with van der Waals surface area (Å²) in [5.74, 6) is -1.74. The normalized spacial score (nSPS) is 10.8. The third kappa shape index (κ3) is 2.36. The van der Waals surface area contributed by atoms with Crippen molar-refractivity contribution in [1.82, 2.24) is 4.98 Å². The topological polar surface area (TPSA) is 53.0 Å². The van der Waals surface area contributed by atoms with Crippen molar-refractivity contribution in [3.63, 3.8) is 0 Å². The summed E-state index contributed by atoms with van der Waals surface area (Å²) in [5, 5.41) is 11.9. The van der Waals surface area contributed by atoms with Crippen LogP contribution in [-0.2, 0) is 0 Å². The van der Waals surface area contributed by atoms with Crippen LogP contribution in [0, 0.1) is 12.7 Å². The molecular weight excluding hydrogens is 269 g/mol. The fourth-order valence-electron chi connectivity index (χ4n) is 2.32. The van der Waals surface area contributed by atoms with Gasteiger partial charge in [0, 0.05) is 16.5 Å². The van der Waals surface area contributed by atoms with Gasteiger partial charge in [0.25, 0.3) is 0 Å². The number of aromatic nitrogens is 1. The van der Waals surface area contributed by atoms with E-state index in [0.717, 1.165) is 5.56 Å². The van der Waals surface area contributed by atoms with E-state index in [4.69, 9.17) is 0 Å². The number of halogens is 1. The Kier molecular flexibility index (Phi) is 3.14. The van der Waals surface area contributed by atoms with Gasteiger partial charge in [0.2, 0.25) is 0 Å². The first kappa shape index (κ1) is 13.2. The number of hydrogen-bond donors (Lipinski definition) is 0. The third-order valence-electron chi connectivity index (χ3n) is 3.33. The van der Waals surface area contributed by atoms with Gasteiger partial charge >= 0.3 is 0 Å². The lowest BCUT2D eigenvalue weighted by molar-refractivity contribution is -0.254. The highest BCUT2D eigenvalue weighted by Gasteiger charge is 2.11. The van der Waals surface area contributed by atoms with E-state index in [1.54, 1.807) is 30.3 Å². The van der Waals surface area contributed by atoms with Crippen molar-refractivity contribution in [3.05, 3.63) is 65.5 Å². The van der Waals surface area contributed by atoms with Crippen LogP contribution in [0.25, 0.3) is 22.2 Å². The van der Waals surface area contributed by atoms with Gasteiger partial charge in [-0.1, -0.05) is 23.8 Å².